The molecule has 1 aliphatic heterocycles. The number of aromatic nitrogens is 1. The van der Waals surface area contributed by atoms with Gasteiger partial charge in [0.2, 0.25) is 5.91 Å². The van der Waals surface area contributed by atoms with Gasteiger partial charge in [0.1, 0.15) is 6.54 Å². The Morgan fingerprint density at radius 3 is 2.81 bits per heavy atom. The van der Waals surface area contributed by atoms with Crippen LogP contribution in [0.15, 0.2) is 48.7 Å². The van der Waals surface area contributed by atoms with Crippen LogP contribution < -0.4 is 10.2 Å². The lowest BCUT2D eigenvalue weighted by Crippen LogP contribution is -2.40. The summed E-state index contributed by atoms with van der Waals surface area (Å²) in [5.41, 5.74) is 2.81. The number of nitrogens with zero attached hydrogens (tertiary/aromatic N) is 1. The number of fused-ring (bicyclic) bond motifs is 2. The molecule has 2 aromatic carbocycles. The number of aromatic amines is 1. The highest BCUT2D eigenvalue weighted by Gasteiger charge is 2.36. The van der Waals surface area contributed by atoms with Crippen molar-refractivity contribution in [2.75, 3.05) is 18.0 Å². The van der Waals surface area contributed by atoms with Gasteiger partial charge in [-0.05, 0) is 36.2 Å². The molecule has 3 aromatic rings. The molecule has 2 heterocycles. The number of para-hydroxylation sites is 1. The van der Waals surface area contributed by atoms with Crippen molar-refractivity contribution in [2.45, 2.75) is 6.42 Å². The zero-order valence-corrected chi connectivity index (χ0v) is 15.0. The first-order valence-corrected chi connectivity index (χ1v) is 8.90. The van der Waals surface area contributed by atoms with Crippen LogP contribution in [0.1, 0.15) is 15.9 Å². The van der Waals surface area contributed by atoms with Gasteiger partial charge in [-0.25, -0.2) is 0 Å². The Bertz CT molecular complexity index is 1070. The van der Waals surface area contributed by atoms with Gasteiger partial charge in [-0.15, -0.1) is 0 Å². The van der Waals surface area contributed by atoms with E-state index in [2.05, 4.69) is 10.3 Å². The maximum atomic E-state index is 12.3. The molecule has 6 nitrogen and oxygen atoms in total. The smallest absolute Gasteiger partial charge is 0.299 e. The topological polar surface area (TPSA) is 82.3 Å². The van der Waals surface area contributed by atoms with Crippen LogP contribution in [0.2, 0.25) is 5.02 Å². The molecule has 7 heteroatoms. The summed E-state index contributed by atoms with van der Waals surface area (Å²) in [6, 6.07) is 12.5. The number of carbonyl (C=O) groups is 3. The van der Waals surface area contributed by atoms with E-state index in [1.54, 1.807) is 6.07 Å². The fourth-order valence-corrected chi connectivity index (χ4v) is 3.47. The van der Waals surface area contributed by atoms with Crippen LogP contribution in [0.25, 0.3) is 10.9 Å². The summed E-state index contributed by atoms with van der Waals surface area (Å²) in [5.74, 6) is -1.66. The van der Waals surface area contributed by atoms with Crippen molar-refractivity contribution in [3.8, 4) is 0 Å². The molecule has 0 saturated carbocycles. The fourth-order valence-electron chi connectivity index (χ4n) is 3.30. The van der Waals surface area contributed by atoms with Crippen molar-refractivity contribution in [1.82, 2.24) is 10.3 Å². The number of hydrogen-bond acceptors (Lipinski definition) is 3. The van der Waals surface area contributed by atoms with E-state index in [4.69, 9.17) is 11.6 Å². The Hall–Kier alpha value is -3.12. The number of Topliss-reactive ketones (excluding diaryl/α,β-unsaturated/α-hetero) is 1. The van der Waals surface area contributed by atoms with Gasteiger partial charge in [0.05, 0.1) is 11.3 Å². The van der Waals surface area contributed by atoms with Crippen LogP contribution in [0.5, 0.6) is 0 Å². The lowest BCUT2D eigenvalue weighted by molar-refractivity contribution is -0.122. The van der Waals surface area contributed by atoms with Gasteiger partial charge in [0.25, 0.3) is 11.7 Å². The van der Waals surface area contributed by atoms with Gasteiger partial charge in [0.15, 0.2) is 0 Å². The summed E-state index contributed by atoms with van der Waals surface area (Å²) in [4.78, 5) is 40.8. The Morgan fingerprint density at radius 1 is 1.15 bits per heavy atom. The molecule has 0 radical (unpaired) electrons. The minimum atomic E-state index is -0.709. The van der Waals surface area contributed by atoms with E-state index < -0.39 is 11.7 Å². The Labute approximate surface area is 160 Å². The van der Waals surface area contributed by atoms with Crippen molar-refractivity contribution >= 4 is 45.8 Å². The van der Waals surface area contributed by atoms with Crippen molar-refractivity contribution in [3.63, 3.8) is 0 Å². The lowest BCUT2D eigenvalue weighted by Gasteiger charge is -2.16. The largest absolute Gasteiger partial charge is 0.361 e. The average Bonchev–Trinajstić information content (AvgIpc) is 3.17. The van der Waals surface area contributed by atoms with Crippen LogP contribution >= 0.6 is 11.6 Å². The zero-order chi connectivity index (χ0) is 19.0. The Balaban J connectivity index is 1.39. The molecule has 2 amide bonds. The number of carbonyl (C=O) groups excluding carboxylic acids is 3. The van der Waals surface area contributed by atoms with Crippen LogP contribution in [-0.2, 0) is 16.0 Å². The first-order valence-electron chi connectivity index (χ1n) is 8.52. The van der Waals surface area contributed by atoms with Gasteiger partial charge < -0.3 is 10.3 Å². The van der Waals surface area contributed by atoms with Crippen molar-refractivity contribution in [2.24, 2.45) is 0 Å². The van der Waals surface area contributed by atoms with Gasteiger partial charge in [-0.1, -0.05) is 29.8 Å². The van der Waals surface area contributed by atoms with Gasteiger partial charge in [0, 0.05) is 28.7 Å². The van der Waals surface area contributed by atoms with Crippen molar-refractivity contribution in [3.05, 3.63) is 64.8 Å². The van der Waals surface area contributed by atoms with Gasteiger partial charge in [-0.3, -0.25) is 19.3 Å². The molecule has 0 fully saturated rings. The van der Waals surface area contributed by atoms with Crippen molar-refractivity contribution < 1.29 is 14.4 Å². The molecule has 0 saturated heterocycles. The summed E-state index contributed by atoms with van der Waals surface area (Å²) in [6.45, 7) is 0.213. The summed E-state index contributed by atoms with van der Waals surface area (Å²) in [5, 5.41) is 4.33. The maximum absolute atomic E-state index is 12.3. The predicted octanol–water partition coefficient (Wildman–Crippen LogP) is 2.71. The molecular formula is C20H16ClN3O3. The third kappa shape index (κ3) is 3.19. The highest BCUT2D eigenvalue weighted by Crippen LogP contribution is 2.31. The van der Waals surface area contributed by atoms with Crippen LogP contribution in [0.3, 0.4) is 0 Å². The van der Waals surface area contributed by atoms with E-state index in [0.717, 1.165) is 16.5 Å². The number of benzene rings is 2. The number of halogens is 1. The molecule has 1 aromatic heterocycles. The SMILES string of the molecule is O=C(CN1C(=O)C(=O)c2ccc(Cl)cc21)NCCc1c[nH]c2ccccc12. The van der Waals surface area contributed by atoms with Crippen LogP contribution in [-0.4, -0.2) is 35.7 Å². The molecule has 0 aliphatic carbocycles. The monoisotopic (exact) mass is 381 g/mol. The lowest BCUT2D eigenvalue weighted by atomic mass is 10.1. The van der Waals surface area contributed by atoms with Gasteiger partial charge in [-0.2, -0.15) is 0 Å². The minimum Gasteiger partial charge on any atom is -0.361 e. The molecular weight excluding hydrogens is 366 g/mol. The molecule has 0 atom stereocenters. The number of H-pyrrole nitrogens is 1. The van der Waals surface area contributed by atoms with E-state index >= 15 is 0 Å². The Kier molecular flexibility index (Phi) is 4.41. The Morgan fingerprint density at radius 2 is 1.96 bits per heavy atom. The standard InChI is InChI=1S/C20H16ClN3O3/c21-13-5-6-15-17(9-13)24(20(27)19(15)26)11-18(25)22-8-7-12-10-23-16-4-2-1-3-14(12)16/h1-6,9-10,23H,7-8,11H2,(H,22,25). The third-order valence-electron chi connectivity index (χ3n) is 4.63. The summed E-state index contributed by atoms with van der Waals surface area (Å²) in [7, 11) is 0. The quantitative estimate of drug-likeness (QED) is 0.667. The molecule has 4 rings (SSSR count). The normalized spacial score (nSPS) is 13.3. The molecule has 27 heavy (non-hydrogen) atoms. The van der Waals surface area contributed by atoms with E-state index in [1.165, 1.54) is 17.0 Å². The first kappa shape index (κ1) is 17.3. The summed E-state index contributed by atoms with van der Waals surface area (Å²) in [6.07, 6.45) is 2.59. The predicted molar refractivity (Wildman–Crippen MR) is 103 cm³/mol. The van der Waals surface area contributed by atoms with E-state index in [0.29, 0.717) is 23.7 Å². The third-order valence-corrected chi connectivity index (χ3v) is 4.86. The number of anilines is 1. The number of hydrogen-bond donors (Lipinski definition) is 2. The fraction of sp³-hybridized carbons (Fsp3) is 0.150. The van der Waals surface area contributed by atoms with Crippen molar-refractivity contribution in [1.29, 1.82) is 0 Å². The second-order valence-corrected chi connectivity index (χ2v) is 6.78. The highest BCUT2D eigenvalue weighted by atomic mass is 35.5. The molecule has 136 valence electrons. The molecule has 0 bridgehead atoms. The van der Waals surface area contributed by atoms with E-state index in [1.807, 2.05) is 30.5 Å². The number of nitrogens with one attached hydrogen (secondary N) is 2. The molecule has 1 aliphatic rings. The van der Waals surface area contributed by atoms with Crippen LogP contribution in [0.4, 0.5) is 5.69 Å². The highest BCUT2D eigenvalue weighted by molar-refractivity contribution is 6.53. The summed E-state index contributed by atoms with van der Waals surface area (Å²) < 4.78 is 0. The van der Waals surface area contributed by atoms with Gasteiger partial charge >= 0.3 is 0 Å². The molecule has 0 unspecified atom stereocenters. The number of amides is 2. The second-order valence-electron chi connectivity index (χ2n) is 6.34. The molecule has 2 N–H and O–H groups in total. The van der Waals surface area contributed by atoms with Crippen LogP contribution in [0, 0.1) is 0 Å². The summed E-state index contributed by atoms with van der Waals surface area (Å²) >= 11 is 5.96. The maximum Gasteiger partial charge on any atom is 0.299 e. The molecule has 0 spiro atoms. The number of rotatable bonds is 5. The van der Waals surface area contributed by atoms with E-state index in [9.17, 15) is 14.4 Å². The van der Waals surface area contributed by atoms with E-state index in [-0.39, 0.29) is 18.0 Å². The minimum absolute atomic E-state index is 0.216. The number of ketones is 1. The zero-order valence-electron chi connectivity index (χ0n) is 14.3. The average molecular weight is 382 g/mol. The first-order chi connectivity index (χ1) is 13.0. The second kappa shape index (κ2) is 6.89.